The molecule has 0 radical (unpaired) electrons. The van der Waals surface area contributed by atoms with Gasteiger partial charge >= 0.3 is 0 Å². The third kappa shape index (κ3) is 2.46. The van der Waals surface area contributed by atoms with E-state index in [1.165, 1.54) is 0 Å². The van der Waals surface area contributed by atoms with Crippen LogP contribution in [0.2, 0.25) is 0 Å². The molecule has 0 atom stereocenters. The maximum absolute atomic E-state index is 9.19. The van der Waals surface area contributed by atoms with E-state index >= 15 is 0 Å². The maximum atomic E-state index is 9.19. The zero-order valence-electron chi connectivity index (χ0n) is 11.4. The third-order valence-corrected chi connectivity index (χ3v) is 3.62. The average Bonchev–Trinajstić information content (AvgIpc) is 2.86. The van der Waals surface area contributed by atoms with Crippen molar-refractivity contribution in [3.63, 3.8) is 0 Å². The molecule has 0 aliphatic heterocycles. The number of nitrogens with zero attached hydrogens (tertiary/aromatic N) is 1. The van der Waals surface area contributed by atoms with Crippen LogP contribution in [0.5, 0.6) is 11.5 Å². The summed E-state index contributed by atoms with van der Waals surface area (Å²) in [4.78, 5) is 0. The Bertz CT molecular complexity index is 846. The van der Waals surface area contributed by atoms with Crippen molar-refractivity contribution in [1.29, 1.82) is 5.26 Å². The van der Waals surface area contributed by atoms with Gasteiger partial charge in [-0.15, -0.1) is 11.6 Å². The van der Waals surface area contributed by atoms with E-state index in [-0.39, 0.29) is 5.76 Å². The number of hydrogen-bond acceptors (Lipinski definition) is 3. The second-order valence-electron chi connectivity index (χ2n) is 4.69. The first-order valence-corrected chi connectivity index (χ1v) is 7.01. The van der Waals surface area contributed by atoms with E-state index in [0.29, 0.717) is 23.0 Å². The Hall–Kier alpha value is -2.44. The number of alkyl halides is 1. The minimum Gasteiger partial charge on any atom is -0.452 e. The number of benzene rings is 2. The molecule has 2 aromatic carbocycles. The first-order valence-electron chi connectivity index (χ1n) is 6.48. The molecule has 0 N–H and O–H groups in total. The van der Waals surface area contributed by atoms with Gasteiger partial charge in [-0.1, -0.05) is 18.2 Å². The predicted octanol–water partition coefficient (Wildman–Crippen LogP) is 5.14. The van der Waals surface area contributed by atoms with Gasteiger partial charge in [0.25, 0.3) is 0 Å². The van der Waals surface area contributed by atoms with Gasteiger partial charge in [0.05, 0.1) is 5.39 Å². The molecule has 0 spiro atoms. The molecule has 0 aliphatic rings. The molecule has 104 valence electrons. The van der Waals surface area contributed by atoms with Crippen LogP contribution in [0.25, 0.3) is 11.0 Å². The Morgan fingerprint density at radius 3 is 2.76 bits per heavy atom. The van der Waals surface area contributed by atoms with Crippen LogP contribution < -0.4 is 4.74 Å². The molecule has 0 unspecified atom stereocenters. The van der Waals surface area contributed by atoms with Crippen LogP contribution >= 0.6 is 11.6 Å². The first-order chi connectivity index (χ1) is 10.2. The molecule has 0 saturated heterocycles. The van der Waals surface area contributed by atoms with Gasteiger partial charge in [-0.25, -0.2) is 0 Å². The smallest absolute Gasteiger partial charge is 0.247 e. The fourth-order valence-electron chi connectivity index (χ4n) is 2.20. The van der Waals surface area contributed by atoms with E-state index in [4.69, 9.17) is 20.8 Å². The summed E-state index contributed by atoms with van der Waals surface area (Å²) in [6, 6.07) is 15.1. The molecule has 3 nitrogen and oxygen atoms in total. The second kappa shape index (κ2) is 5.51. The molecule has 0 amide bonds. The molecule has 0 fully saturated rings. The topological polar surface area (TPSA) is 46.2 Å². The van der Waals surface area contributed by atoms with Crippen LogP contribution in [0.3, 0.4) is 0 Å². The minimum absolute atomic E-state index is 0.176. The van der Waals surface area contributed by atoms with Crippen molar-refractivity contribution in [2.45, 2.75) is 12.8 Å². The Morgan fingerprint density at radius 1 is 1.24 bits per heavy atom. The van der Waals surface area contributed by atoms with E-state index in [9.17, 15) is 5.26 Å². The number of ether oxygens (including phenoxy) is 1. The lowest BCUT2D eigenvalue weighted by molar-refractivity contribution is 0.466. The third-order valence-electron chi connectivity index (χ3n) is 3.33. The zero-order chi connectivity index (χ0) is 14.8. The lowest BCUT2D eigenvalue weighted by Gasteiger charge is -2.07. The highest BCUT2D eigenvalue weighted by atomic mass is 35.5. The molecule has 0 bridgehead atoms. The number of halogens is 1. The summed E-state index contributed by atoms with van der Waals surface area (Å²) in [5, 5.41) is 9.98. The number of rotatable bonds is 3. The predicted molar refractivity (Wildman–Crippen MR) is 81.7 cm³/mol. The van der Waals surface area contributed by atoms with E-state index in [0.717, 1.165) is 16.5 Å². The summed E-state index contributed by atoms with van der Waals surface area (Å²) in [6.07, 6.45) is 0. The van der Waals surface area contributed by atoms with Crippen LogP contribution in [0.15, 0.2) is 46.9 Å². The quantitative estimate of drug-likeness (QED) is 0.628. The van der Waals surface area contributed by atoms with Crippen molar-refractivity contribution < 1.29 is 9.15 Å². The number of hydrogen-bond donors (Lipinski definition) is 0. The number of fused-ring (bicyclic) bond motifs is 1. The van der Waals surface area contributed by atoms with Crippen molar-refractivity contribution >= 4 is 22.6 Å². The Labute approximate surface area is 127 Å². The normalized spacial score (nSPS) is 10.5. The Kier molecular flexibility index (Phi) is 3.55. The van der Waals surface area contributed by atoms with Crippen LogP contribution in [0.4, 0.5) is 0 Å². The largest absolute Gasteiger partial charge is 0.452 e. The average molecular weight is 298 g/mol. The van der Waals surface area contributed by atoms with Gasteiger partial charge in [-0.3, -0.25) is 0 Å². The highest BCUT2D eigenvalue weighted by Gasteiger charge is 2.16. The molecule has 0 saturated carbocycles. The lowest BCUT2D eigenvalue weighted by atomic mass is 10.1. The molecule has 21 heavy (non-hydrogen) atoms. The van der Waals surface area contributed by atoms with Crippen LogP contribution in [0.1, 0.15) is 16.9 Å². The SMILES string of the molecule is Cc1cc(Oc2c(C#N)oc3ccccc23)ccc1CCl. The summed E-state index contributed by atoms with van der Waals surface area (Å²) >= 11 is 5.85. The van der Waals surface area contributed by atoms with Crippen molar-refractivity contribution in [2.75, 3.05) is 0 Å². The molecular weight excluding hydrogens is 286 g/mol. The second-order valence-corrected chi connectivity index (χ2v) is 4.96. The van der Waals surface area contributed by atoms with Crippen molar-refractivity contribution in [3.05, 3.63) is 59.4 Å². The van der Waals surface area contributed by atoms with Crippen molar-refractivity contribution in [2.24, 2.45) is 0 Å². The Balaban J connectivity index is 2.05. The molecule has 3 rings (SSSR count). The first kappa shape index (κ1) is 13.5. The fraction of sp³-hybridized carbons (Fsp3) is 0.118. The minimum atomic E-state index is 0.176. The number of aryl methyl sites for hydroxylation is 1. The van der Waals surface area contributed by atoms with Gasteiger partial charge in [0.1, 0.15) is 17.4 Å². The van der Waals surface area contributed by atoms with Gasteiger partial charge in [-0.2, -0.15) is 5.26 Å². The van der Waals surface area contributed by atoms with Gasteiger partial charge in [-0.05, 0) is 42.3 Å². The standard InChI is InChI=1S/C17H12ClNO2/c1-11-8-13(7-6-12(11)9-18)20-17-14-4-2-3-5-15(14)21-16(17)10-19/h2-8H,9H2,1H3. The Morgan fingerprint density at radius 2 is 2.05 bits per heavy atom. The number of nitriles is 1. The summed E-state index contributed by atoms with van der Waals surface area (Å²) in [7, 11) is 0. The van der Waals surface area contributed by atoms with E-state index < -0.39 is 0 Å². The monoisotopic (exact) mass is 297 g/mol. The van der Waals surface area contributed by atoms with E-state index in [1.807, 2.05) is 55.5 Å². The number of furan rings is 1. The summed E-state index contributed by atoms with van der Waals surface area (Å²) in [5.74, 6) is 1.75. The molecule has 1 heterocycles. The molecule has 4 heteroatoms. The molecule has 3 aromatic rings. The molecular formula is C17H12ClNO2. The highest BCUT2D eigenvalue weighted by Crippen LogP contribution is 2.36. The zero-order valence-corrected chi connectivity index (χ0v) is 12.1. The molecule has 0 aliphatic carbocycles. The van der Waals surface area contributed by atoms with Crippen LogP contribution in [-0.2, 0) is 5.88 Å². The molecule has 1 aromatic heterocycles. The van der Waals surface area contributed by atoms with Gasteiger partial charge in [0.2, 0.25) is 5.76 Å². The summed E-state index contributed by atoms with van der Waals surface area (Å²) < 4.78 is 11.4. The van der Waals surface area contributed by atoms with Crippen molar-refractivity contribution in [3.8, 4) is 17.6 Å². The summed E-state index contributed by atoms with van der Waals surface area (Å²) in [6.45, 7) is 1.98. The maximum Gasteiger partial charge on any atom is 0.247 e. The number of para-hydroxylation sites is 1. The van der Waals surface area contributed by atoms with Crippen LogP contribution in [-0.4, -0.2) is 0 Å². The lowest BCUT2D eigenvalue weighted by Crippen LogP contribution is -1.89. The highest BCUT2D eigenvalue weighted by molar-refractivity contribution is 6.17. The van der Waals surface area contributed by atoms with Crippen molar-refractivity contribution in [1.82, 2.24) is 0 Å². The van der Waals surface area contributed by atoms with E-state index in [2.05, 4.69) is 0 Å². The van der Waals surface area contributed by atoms with Gasteiger partial charge in [0, 0.05) is 5.88 Å². The van der Waals surface area contributed by atoms with Crippen LogP contribution in [0, 0.1) is 18.3 Å². The summed E-state index contributed by atoms with van der Waals surface area (Å²) in [5.41, 5.74) is 2.74. The fourth-order valence-corrected chi connectivity index (χ4v) is 2.50. The van der Waals surface area contributed by atoms with Gasteiger partial charge < -0.3 is 9.15 Å². The van der Waals surface area contributed by atoms with Gasteiger partial charge in [0.15, 0.2) is 5.75 Å². The van der Waals surface area contributed by atoms with E-state index in [1.54, 1.807) is 0 Å².